The Balaban J connectivity index is 4.83. The number of rotatable bonds is 7. The van der Waals surface area contributed by atoms with Crippen LogP contribution in [0.4, 0.5) is 0 Å². The summed E-state index contributed by atoms with van der Waals surface area (Å²) in [6, 6.07) is 0. The van der Waals surface area contributed by atoms with Gasteiger partial charge in [0.1, 0.15) is 0 Å². The van der Waals surface area contributed by atoms with Crippen LogP contribution in [0.15, 0.2) is 12.2 Å². The second-order valence-corrected chi connectivity index (χ2v) is 7.06. The van der Waals surface area contributed by atoms with Gasteiger partial charge >= 0.3 is 22.0 Å². The molecule has 2 N–H and O–H groups in total. The molecule has 0 fully saturated rings. The van der Waals surface area contributed by atoms with Crippen LogP contribution in [0.2, 0.25) is 0 Å². The Morgan fingerprint density at radius 1 is 1.28 bits per heavy atom. The van der Waals surface area contributed by atoms with Crippen LogP contribution in [-0.4, -0.2) is 33.2 Å². The first-order valence-electron chi connectivity index (χ1n) is 5.33. The van der Waals surface area contributed by atoms with E-state index in [1.807, 2.05) is 0 Å². The van der Waals surface area contributed by atoms with Crippen molar-refractivity contribution in [2.45, 2.75) is 44.6 Å². The SMILES string of the molecule is C=C(C)C(=O)OC(CC(C)[P+](=O)O)C(C)[P+](=O)O. The summed E-state index contributed by atoms with van der Waals surface area (Å²) in [7, 11) is -4.95. The maximum atomic E-state index is 11.4. The summed E-state index contributed by atoms with van der Waals surface area (Å²) in [5.41, 5.74) is -1.26. The molecule has 0 bridgehead atoms. The maximum Gasteiger partial charge on any atom is 0.512 e. The molecule has 0 aromatic carbocycles. The third-order valence-corrected chi connectivity index (χ3v) is 4.44. The molecule has 18 heavy (non-hydrogen) atoms. The lowest BCUT2D eigenvalue weighted by molar-refractivity contribution is -0.144. The standard InChI is InChI=1S/C10H16O6P2/c1-6(2)10(11)16-9(8(4)18(14)15)5-7(3)17(12)13/h7-9H,1,5H2,2-4H3/p+2. The van der Waals surface area contributed by atoms with Gasteiger partial charge in [0.2, 0.25) is 5.66 Å². The Hall–Kier alpha value is -0.670. The van der Waals surface area contributed by atoms with E-state index >= 15 is 0 Å². The zero-order valence-corrected chi connectivity index (χ0v) is 12.4. The Morgan fingerprint density at radius 2 is 1.78 bits per heavy atom. The quantitative estimate of drug-likeness (QED) is 0.424. The number of carbonyl (C=O) groups is 1. The van der Waals surface area contributed by atoms with E-state index in [9.17, 15) is 13.9 Å². The average Bonchev–Trinajstić information content (AvgIpc) is 2.26. The average molecular weight is 296 g/mol. The maximum absolute atomic E-state index is 11.4. The Morgan fingerprint density at radius 3 is 2.11 bits per heavy atom. The lowest BCUT2D eigenvalue weighted by atomic mass is 10.1. The van der Waals surface area contributed by atoms with Crippen LogP contribution in [0.5, 0.6) is 0 Å². The van der Waals surface area contributed by atoms with E-state index in [4.69, 9.17) is 14.5 Å². The highest BCUT2D eigenvalue weighted by Gasteiger charge is 2.40. The second kappa shape index (κ2) is 7.70. The van der Waals surface area contributed by atoms with Gasteiger partial charge in [-0.2, -0.15) is 9.79 Å². The van der Waals surface area contributed by atoms with Gasteiger partial charge < -0.3 is 4.74 Å². The van der Waals surface area contributed by atoms with Crippen molar-refractivity contribution in [1.29, 1.82) is 0 Å². The molecule has 5 unspecified atom stereocenters. The van der Waals surface area contributed by atoms with Crippen LogP contribution in [0, 0.1) is 0 Å². The Bertz CT molecular complexity index is 367. The monoisotopic (exact) mass is 296 g/mol. The van der Waals surface area contributed by atoms with E-state index in [1.54, 1.807) is 0 Å². The normalized spacial score (nSPS) is 17.4. The molecule has 0 saturated carbocycles. The van der Waals surface area contributed by atoms with Gasteiger partial charge in [-0.3, -0.25) is 0 Å². The molecule has 5 atom stereocenters. The lowest BCUT2D eigenvalue weighted by Gasteiger charge is -2.16. The second-order valence-electron chi connectivity index (χ2n) is 4.15. The van der Waals surface area contributed by atoms with Crippen LogP contribution in [-0.2, 0) is 18.7 Å². The van der Waals surface area contributed by atoms with Crippen LogP contribution < -0.4 is 0 Å². The fourth-order valence-electron chi connectivity index (χ4n) is 1.15. The van der Waals surface area contributed by atoms with Crippen molar-refractivity contribution in [3.05, 3.63) is 12.2 Å². The molecule has 8 heteroatoms. The smallest absolute Gasteiger partial charge is 0.454 e. The van der Waals surface area contributed by atoms with E-state index in [1.165, 1.54) is 20.8 Å². The van der Waals surface area contributed by atoms with E-state index < -0.39 is 39.4 Å². The molecule has 0 aromatic heterocycles. The molecular weight excluding hydrogens is 278 g/mol. The minimum atomic E-state index is -2.53. The van der Waals surface area contributed by atoms with Crippen LogP contribution in [0.1, 0.15) is 27.2 Å². The van der Waals surface area contributed by atoms with Gasteiger partial charge in [-0.25, -0.2) is 4.79 Å². The molecule has 0 aliphatic carbocycles. The highest BCUT2D eigenvalue weighted by atomic mass is 31.1. The van der Waals surface area contributed by atoms with Crippen molar-refractivity contribution in [3.63, 3.8) is 0 Å². The lowest BCUT2D eigenvalue weighted by Crippen LogP contribution is -2.30. The number of esters is 1. The van der Waals surface area contributed by atoms with Crippen LogP contribution >= 0.6 is 16.1 Å². The molecule has 102 valence electrons. The molecule has 0 heterocycles. The first-order valence-corrected chi connectivity index (χ1v) is 7.90. The number of hydrogen-bond acceptors (Lipinski definition) is 4. The topological polar surface area (TPSA) is 101 Å². The third kappa shape index (κ3) is 5.78. The number of ether oxygens (including phenoxy) is 1. The molecule has 0 radical (unpaired) electrons. The van der Waals surface area contributed by atoms with E-state index in [2.05, 4.69) is 6.58 Å². The first kappa shape index (κ1) is 17.3. The van der Waals surface area contributed by atoms with E-state index in [0.29, 0.717) is 0 Å². The highest BCUT2D eigenvalue weighted by molar-refractivity contribution is 7.39. The fraction of sp³-hybridized carbons (Fsp3) is 0.700. The molecular formula is C10H18O6P2+2. The molecule has 0 aromatic rings. The minimum absolute atomic E-state index is 0.0491. The predicted molar refractivity (Wildman–Crippen MR) is 67.9 cm³/mol. The van der Waals surface area contributed by atoms with Gasteiger partial charge in [0.05, 0.1) is 0 Å². The third-order valence-electron chi connectivity index (χ3n) is 2.44. The zero-order chi connectivity index (χ0) is 14.5. The number of hydrogen-bond donors (Lipinski definition) is 2. The summed E-state index contributed by atoms with van der Waals surface area (Å²) in [6.45, 7) is 7.83. The van der Waals surface area contributed by atoms with Crippen molar-refractivity contribution < 1.29 is 28.4 Å². The summed E-state index contributed by atoms with van der Waals surface area (Å²) < 4.78 is 27.0. The van der Waals surface area contributed by atoms with Gasteiger partial charge in [0.25, 0.3) is 0 Å². The van der Waals surface area contributed by atoms with Gasteiger partial charge in [0, 0.05) is 12.0 Å². The molecule has 0 amide bonds. The Kier molecular flexibility index (Phi) is 7.41. The molecule has 6 nitrogen and oxygen atoms in total. The summed E-state index contributed by atoms with van der Waals surface area (Å²) >= 11 is 0. The van der Waals surface area contributed by atoms with Gasteiger partial charge in [0.15, 0.2) is 11.8 Å². The summed E-state index contributed by atoms with van der Waals surface area (Å²) in [5.74, 6) is -0.677. The summed E-state index contributed by atoms with van der Waals surface area (Å²) in [4.78, 5) is 29.4. The minimum Gasteiger partial charge on any atom is -0.454 e. The van der Waals surface area contributed by atoms with Crippen molar-refractivity contribution >= 4 is 22.0 Å². The Labute approximate surface area is 108 Å². The van der Waals surface area contributed by atoms with Gasteiger partial charge in [-0.05, 0) is 29.9 Å². The number of carbonyl (C=O) groups excluding carboxylic acids is 1. The van der Waals surface area contributed by atoms with Crippen molar-refractivity contribution in [3.8, 4) is 0 Å². The molecule has 0 saturated heterocycles. The highest BCUT2D eigenvalue weighted by Crippen LogP contribution is 2.33. The van der Waals surface area contributed by atoms with Crippen molar-refractivity contribution in [1.82, 2.24) is 0 Å². The molecule has 0 rings (SSSR count). The van der Waals surface area contributed by atoms with Crippen molar-refractivity contribution in [2.75, 3.05) is 0 Å². The molecule has 0 aliphatic rings. The van der Waals surface area contributed by atoms with Gasteiger partial charge in [-0.15, -0.1) is 0 Å². The fourth-order valence-corrected chi connectivity index (χ4v) is 2.01. The van der Waals surface area contributed by atoms with Crippen LogP contribution in [0.25, 0.3) is 0 Å². The van der Waals surface area contributed by atoms with Crippen LogP contribution in [0.3, 0.4) is 0 Å². The largest absolute Gasteiger partial charge is 0.512 e. The van der Waals surface area contributed by atoms with E-state index in [-0.39, 0.29) is 12.0 Å². The van der Waals surface area contributed by atoms with Crippen molar-refractivity contribution in [2.24, 2.45) is 0 Å². The molecule has 0 aliphatic heterocycles. The first-order chi connectivity index (χ1) is 8.16. The van der Waals surface area contributed by atoms with E-state index in [0.717, 1.165) is 0 Å². The summed E-state index contributed by atoms with van der Waals surface area (Å²) in [5, 5.41) is 0. The summed E-state index contributed by atoms with van der Waals surface area (Å²) in [6.07, 6.45) is -0.836. The van der Waals surface area contributed by atoms with Gasteiger partial charge in [-0.1, -0.05) is 6.58 Å². The predicted octanol–water partition coefficient (Wildman–Crippen LogP) is 2.11. The zero-order valence-electron chi connectivity index (χ0n) is 10.6. The molecule has 0 spiro atoms.